The lowest BCUT2D eigenvalue weighted by Gasteiger charge is -2.38. The molecule has 1 saturated carbocycles. The number of nitrogens with one attached hydrogen (secondary N) is 2. The third kappa shape index (κ3) is 8.15. The number of amides is 4. The number of nitriles is 1. The van der Waals surface area contributed by atoms with Gasteiger partial charge < -0.3 is 24.4 Å². The Morgan fingerprint density at radius 1 is 0.946 bits per heavy atom. The first kappa shape index (κ1) is 37.7. The lowest BCUT2D eigenvalue weighted by Crippen LogP contribution is -2.50. The maximum atomic E-state index is 15.1. The molecule has 4 aliphatic rings. The van der Waals surface area contributed by atoms with E-state index in [0.717, 1.165) is 95.4 Å². The Kier molecular flexibility index (Phi) is 11.1. The number of aromatic nitrogens is 3. The van der Waals surface area contributed by atoms with Gasteiger partial charge in [0.2, 0.25) is 5.91 Å². The number of nitrogens with zero attached hydrogens (tertiary/aromatic N) is 7. The predicted octanol–water partition coefficient (Wildman–Crippen LogP) is 6.22. The number of fused-ring (bicyclic) bond motifs is 1. The second kappa shape index (κ2) is 16.5. The molecule has 292 valence electrons. The van der Waals surface area contributed by atoms with Crippen molar-refractivity contribution < 1.29 is 23.5 Å². The average molecular weight is 782 g/mol. The largest absolute Gasteiger partial charge is 0.490 e. The molecular weight excluding hydrogens is 737 g/mol. The highest BCUT2D eigenvalue weighted by molar-refractivity contribution is 6.31. The van der Waals surface area contributed by atoms with E-state index in [2.05, 4.69) is 41.3 Å². The molecule has 4 aromatic rings. The Labute approximate surface area is 329 Å². The molecule has 5 heterocycles. The van der Waals surface area contributed by atoms with Crippen LogP contribution in [0.4, 0.5) is 20.7 Å². The van der Waals surface area contributed by atoms with Crippen LogP contribution in [0.5, 0.6) is 5.75 Å². The van der Waals surface area contributed by atoms with Crippen LogP contribution >= 0.6 is 11.6 Å². The summed E-state index contributed by atoms with van der Waals surface area (Å²) in [5, 5.41) is 24.3. The van der Waals surface area contributed by atoms with Crippen molar-refractivity contribution in [1.82, 2.24) is 30.3 Å². The van der Waals surface area contributed by atoms with Gasteiger partial charge in [-0.25, -0.2) is 9.18 Å². The van der Waals surface area contributed by atoms with Crippen LogP contribution in [0.2, 0.25) is 5.02 Å². The summed E-state index contributed by atoms with van der Waals surface area (Å²) in [6.07, 6.45) is 9.41. The van der Waals surface area contributed by atoms with Crippen LogP contribution in [-0.4, -0.2) is 88.9 Å². The van der Waals surface area contributed by atoms with Crippen molar-refractivity contribution >= 4 is 51.9 Å². The number of carbonyl (C=O) groups excluding carboxylic acids is 3. The van der Waals surface area contributed by atoms with Gasteiger partial charge in [0.15, 0.2) is 11.5 Å². The number of benzene rings is 2. The van der Waals surface area contributed by atoms with Crippen molar-refractivity contribution in [3.63, 3.8) is 0 Å². The first-order valence-corrected chi connectivity index (χ1v) is 20.0. The molecule has 2 aromatic heterocycles. The highest BCUT2D eigenvalue weighted by Crippen LogP contribution is 2.36. The number of hydrogen-bond acceptors (Lipinski definition) is 9. The molecule has 13 nitrogen and oxygen atoms in total. The number of likely N-dealkylation sites (tertiary alicyclic amines) is 1. The fourth-order valence-electron chi connectivity index (χ4n) is 8.71. The van der Waals surface area contributed by atoms with E-state index in [1.165, 1.54) is 11.0 Å². The van der Waals surface area contributed by atoms with E-state index in [-0.39, 0.29) is 48.7 Å². The minimum absolute atomic E-state index is 0.0250. The van der Waals surface area contributed by atoms with Gasteiger partial charge in [0.05, 0.1) is 27.9 Å². The smallest absolute Gasteiger partial charge is 0.328 e. The maximum Gasteiger partial charge on any atom is 0.328 e. The summed E-state index contributed by atoms with van der Waals surface area (Å²) >= 11 is 6.15. The van der Waals surface area contributed by atoms with Crippen LogP contribution in [0.1, 0.15) is 79.9 Å². The van der Waals surface area contributed by atoms with Crippen LogP contribution in [0.25, 0.3) is 10.9 Å². The first-order valence-electron chi connectivity index (χ1n) is 19.6. The maximum absolute atomic E-state index is 15.1. The highest BCUT2D eigenvalue weighted by Gasteiger charge is 2.31. The van der Waals surface area contributed by atoms with Crippen LogP contribution in [-0.2, 0) is 4.79 Å². The van der Waals surface area contributed by atoms with E-state index in [0.29, 0.717) is 33.3 Å². The van der Waals surface area contributed by atoms with Crippen molar-refractivity contribution in [2.45, 2.75) is 76.0 Å². The number of hydrogen-bond donors (Lipinski definition) is 2. The molecule has 0 atom stereocenters. The molecule has 1 aliphatic carbocycles. The summed E-state index contributed by atoms with van der Waals surface area (Å²) in [7, 11) is 0. The highest BCUT2D eigenvalue weighted by atomic mass is 35.5. The molecule has 15 heteroatoms. The summed E-state index contributed by atoms with van der Waals surface area (Å²) < 4.78 is 23.4. The molecule has 0 spiro atoms. The van der Waals surface area contributed by atoms with Crippen LogP contribution in [0, 0.1) is 23.1 Å². The predicted molar refractivity (Wildman–Crippen MR) is 209 cm³/mol. The van der Waals surface area contributed by atoms with Crippen LogP contribution < -0.4 is 25.2 Å². The van der Waals surface area contributed by atoms with Crippen molar-refractivity contribution in [3.05, 3.63) is 76.8 Å². The molecule has 4 fully saturated rings. The zero-order valence-electron chi connectivity index (χ0n) is 31.1. The van der Waals surface area contributed by atoms with Gasteiger partial charge in [0.25, 0.3) is 5.91 Å². The number of halogens is 2. The molecule has 3 aliphatic heterocycles. The van der Waals surface area contributed by atoms with Gasteiger partial charge in [-0.05, 0) is 99.7 Å². The number of piperidine rings is 2. The topological polar surface area (TPSA) is 149 Å². The molecular formula is C41H45ClFN9O4. The first-order chi connectivity index (χ1) is 27.2. The fraction of sp³-hybridized carbons (Fsp3) is 0.463. The molecule has 0 bridgehead atoms. The molecule has 56 heavy (non-hydrogen) atoms. The Bertz CT molecular complexity index is 2130. The summed E-state index contributed by atoms with van der Waals surface area (Å²) in [6.45, 7) is 4.94. The second-order valence-electron chi connectivity index (χ2n) is 15.4. The SMILES string of the molecule is N#Cc1ccc(OC2CCC(NC(=O)c3ccc(N4CCC(CN5CCC(n6ccc7c(N8CCC(=O)NC8=O)c(F)ccc76)CC5)CC4)nn3)CC2)cc1Cl. The normalized spacial score (nSPS) is 21.5. The number of carbonyl (C=O) groups is 3. The van der Waals surface area contributed by atoms with Gasteiger partial charge in [0.1, 0.15) is 17.6 Å². The van der Waals surface area contributed by atoms with E-state index in [1.54, 1.807) is 30.3 Å². The second-order valence-corrected chi connectivity index (χ2v) is 15.8. The third-order valence-electron chi connectivity index (χ3n) is 11.8. The summed E-state index contributed by atoms with van der Waals surface area (Å²) in [6, 6.07) is 15.6. The molecule has 0 radical (unpaired) electrons. The van der Waals surface area contributed by atoms with E-state index < -0.39 is 11.8 Å². The zero-order valence-corrected chi connectivity index (χ0v) is 31.9. The summed E-state index contributed by atoms with van der Waals surface area (Å²) in [5.74, 6) is 0.984. The molecule has 4 amide bonds. The van der Waals surface area contributed by atoms with Crippen molar-refractivity contribution in [2.24, 2.45) is 5.92 Å². The van der Waals surface area contributed by atoms with Crippen LogP contribution in [0.3, 0.4) is 0 Å². The van der Waals surface area contributed by atoms with Crippen LogP contribution in [0.15, 0.2) is 54.7 Å². The van der Waals surface area contributed by atoms with E-state index >= 15 is 4.39 Å². The minimum atomic E-state index is -0.586. The van der Waals surface area contributed by atoms with Gasteiger partial charge in [-0.15, -0.1) is 10.2 Å². The van der Waals surface area contributed by atoms with E-state index in [4.69, 9.17) is 21.6 Å². The number of rotatable bonds is 9. The fourth-order valence-corrected chi connectivity index (χ4v) is 8.92. The number of imide groups is 1. The Morgan fingerprint density at radius 3 is 2.43 bits per heavy atom. The lowest BCUT2D eigenvalue weighted by molar-refractivity contribution is -0.120. The monoisotopic (exact) mass is 781 g/mol. The number of urea groups is 1. The van der Waals surface area contributed by atoms with Crippen molar-refractivity contribution in [2.75, 3.05) is 49.1 Å². The minimum Gasteiger partial charge on any atom is -0.490 e. The van der Waals surface area contributed by atoms with Crippen molar-refractivity contribution in [1.29, 1.82) is 5.26 Å². The van der Waals surface area contributed by atoms with Gasteiger partial charge in [-0.1, -0.05) is 11.6 Å². The van der Waals surface area contributed by atoms with E-state index in [1.807, 2.05) is 18.3 Å². The third-order valence-corrected chi connectivity index (χ3v) is 12.1. The Balaban J connectivity index is 0.767. The average Bonchev–Trinajstić information content (AvgIpc) is 3.64. The molecule has 0 unspecified atom stereocenters. The molecule has 8 rings (SSSR count). The van der Waals surface area contributed by atoms with Crippen molar-refractivity contribution in [3.8, 4) is 11.8 Å². The lowest BCUT2D eigenvalue weighted by atomic mass is 9.92. The molecule has 2 aromatic carbocycles. The number of ether oxygens (including phenoxy) is 1. The van der Waals surface area contributed by atoms with Gasteiger partial charge in [0, 0.05) is 75.4 Å². The molecule has 3 saturated heterocycles. The van der Waals surface area contributed by atoms with E-state index in [9.17, 15) is 14.4 Å². The zero-order chi connectivity index (χ0) is 38.8. The standard InChI is InChI=1S/C41H45ClFN9O4/c42-33-23-31(4-1-27(33)24-44)56-30-5-2-28(3-6-30)45-40(54)35-8-10-37(48-47-35)50-19-11-26(12-20-50)25-49-17-13-29(14-18-49)51-21-15-32-36(51)9-7-34(43)39(32)52-22-16-38(53)46-41(52)55/h1,4,7-10,15,21,23,26,28-30H,2-3,5-6,11-14,16-20,22,25H2,(H,45,54)(H,46,53,55). The van der Waals surface area contributed by atoms with Gasteiger partial charge in [-0.3, -0.25) is 19.8 Å². The van der Waals surface area contributed by atoms with Gasteiger partial charge in [-0.2, -0.15) is 5.26 Å². The Morgan fingerprint density at radius 2 is 1.73 bits per heavy atom. The quantitative estimate of drug-likeness (QED) is 0.202. The summed E-state index contributed by atoms with van der Waals surface area (Å²) in [5.41, 5.74) is 1.85. The number of anilines is 2. The molecule has 2 N–H and O–H groups in total. The van der Waals surface area contributed by atoms with Gasteiger partial charge >= 0.3 is 6.03 Å². The Hall–Kier alpha value is -5.26. The summed E-state index contributed by atoms with van der Waals surface area (Å²) in [4.78, 5) is 43.4.